The lowest BCUT2D eigenvalue weighted by atomic mass is 10.2. The smallest absolute Gasteiger partial charge is 0.245 e. The molecule has 2 aromatic carbocycles. The number of aromatic hydroxyl groups is 1. The first-order valence-corrected chi connectivity index (χ1v) is 14.3. The van der Waals surface area contributed by atoms with Gasteiger partial charge in [-0.25, -0.2) is 23.2 Å². The summed E-state index contributed by atoms with van der Waals surface area (Å²) in [4.78, 5) is 14.2. The molecule has 0 atom stereocenters. The maximum Gasteiger partial charge on any atom is 0.245 e. The second-order valence-electron chi connectivity index (χ2n) is 9.04. The molecule has 0 saturated carbocycles. The van der Waals surface area contributed by atoms with Crippen LogP contribution in [0.15, 0.2) is 75.8 Å². The first-order valence-electron chi connectivity index (χ1n) is 12.4. The average Bonchev–Trinajstić information content (AvgIpc) is 2.95. The Bertz CT molecular complexity index is 1680. The van der Waals surface area contributed by atoms with Crippen LogP contribution in [0.5, 0.6) is 5.75 Å². The van der Waals surface area contributed by atoms with Gasteiger partial charge in [0.25, 0.3) is 0 Å². The highest BCUT2D eigenvalue weighted by atomic mass is 35.5. The number of hydrogen-bond donors (Lipinski definition) is 3. The summed E-state index contributed by atoms with van der Waals surface area (Å²) in [6.07, 6.45) is 4.14. The molecule has 0 amide bonds. The van der Waals surface area contributed by atoms with E-state index in [2.05, 4.69) is 30.8 Å². The van der Waals surface area contributed by atoms with Crippen LogP contribution in [0.25, 0.3) is 0 Å². The Morgan fingerprint density at radius 1 is 1.10 bits per heavy atom. The number of sulfone groups is 1. The molecular formula is C27H25ClFN7O4S. The van der Waals surface area contributed by atoms with Gasteiger partial charge in [-0.05, 0) is 55.0 Å². The lowest BCUT2D eigenvalue weighted by molar-refractivity contribution is 0.122. The van der Waals surface area contributed by atoms with Gasteiger partial charge in [0.15, 0.2) is 11.6 Å². The monoisotopic (exact) mass is 597 g/mol. The van der Waals surface area contributed by atoms with Crippen LogP contribution in [-0.2, 0) is 14.6 Å². The van der Waals surface area contributed by atoms with Crippen molar-refractivity contribution in [3.8, 4) is 5.75 Å². The van der Waals surface area contributed by atoms with Crippen molar-refractivity contribution < 1.29 is 22.7 Å². The maximum absolute atomic E-state index is 14.2. The summed E-state index contributed by atoms with van der Waals surface area (Å²) in [6, 6.07) is 12.1. The Morgan fingerprint density at radius 3 is 2.61 bits per heavy atom. The minimum Gasteiger partial charge on any atom is -0.508 e. The van der Waals surface area contributed by atoms with Crippen molar-refractivity contribution >= 4 is 50.8 Å². The van der Waals surface area contributed by atoms with Crippen LogP contribution in [0.2, 0.25) is 5.02 Å². The number of nitrogens with zero attached hydrogens (tertiary/aromatic N) is 5. The van der Waals surface area contributed by atoms with E-state index in [1.54, 1.807) is 36.2 Å². The van der Waals surface area contributed by atoms with Crippen LogP contribution in [-0.4, -0.2) is 61.0 Å². The zero-order valence-corrected chi connectivity index (χ0v) is 23.3. The standard InChI is InChI=1S/C27H25ClFN7O4S/c1-17-11-20(12-23(28)25(17)41(38,39)22-4-2-3-21(37)13-22)33-19-6-5-18(30-14-19)15-32-35-27-31-16-24(29)26(34-27)36-7-9-40-10-8-36/h2-6,11-16,33,37H,7-10H2,1H3,(H,31,34,35)/b32-15+. The first kappa shape index (κ1) is 28.2. The van der Waals surface area contributed by atoms with Gasteiger partial charge in [-0.1, -0.05) is 17.7 Å². The summed E-state index contributed by atoms with van der Waals surface area (Å²) < 4.78 is 45.8. The third kappa shape index (κ3) is 6.53. The number of aryl methyl sites for hydroxylation is 1. The number of phenols is 1. The van der Waals surface area contributed by atoms with E-state index in [1.165, 1.54) is 36.5 Å². The van der Waals surface area contributed by atoms with Crippen molar-refractivity contribution in [2.24, 2.45) is 5.10 Å². The minimum absolute atomic E-state index is 0.0327. The number of pyridine rings is 1. The highest BCUT2D eigenvalue weighted by Crippen LogP contribution is 2.34. The maximum atomic E-state index is 14.2. The topological polar surface area (TPSA) is 142 Å². The van der Waals surface area contributed by atoms with Crippen LogP contribution in [0.3, 0.4) is 0 Å². The molecule has 2 aromatic heterocycles. The van der Waals surface area contributed by atoms with E-state index >= 15 is 0 Å². The number of hydrazone groups is 1. The molecule has 0 bridgehead atoms. The fourth-order valence-corrected chi connectivity index (χ4v) is 6.34. The molecule has 0 spiro atoms. The number of rotatable bonds is 8. The van der Waals surface area contributed by atoms with E-state index in [4.69, 9.17) is 16.3 Å². The van der Waals surface area contributed by atoms with Crippen molar-refractivity contribution in [3.63, 3.8) is 0 Å². The number of benzene rings is 2. The summed E-state index contributed by atoms with van der Waals surface area (Å²) in [6.45, 7) is 3.72. The van der Waals surface area contributed by atoms with E-state index in [0.29, 0.717) is 48.9 Å². The number of morpholine rings is 1. The number of hydrogen-bond acceptors (Lipinski definition) is 11. The lowest BCUT2D eigenvalue weighted by Gasteiger charge is -2.27. The summed E-state index contributed by atoms with van der Waals surface area (Å²) in [5.41, 5.74) is 4.85. The Labute approximate surface area is 240 Å². The minimum atomic E-state index is -3.94. The van der Waals surface area contributed by atoms with Gasteiger partial charge in [-0.3, -0.25) is 4.98 Å². The van der Waals surface area contributed by atoms with E-state index in [-0.39, 0.29) is 32.3 Å². The molecule has 0 aliphatic carbocycles. The van der Waals surface area contributed by atoms with E-state index in [9.17, 15) is 17.9 Å². The van der Waals surface area contributed by atoms with Crippen molar-refractivity contribution in [1.82, 2.24) is 15.0 Å². The molecule has 3 N–H and O–H groups in total. The quantitative estimate of drug-likeness (QED) is 0.196. The van der Waals surface area contributed by atoms with E-state index < -0.39 is 15.7 Å². The van der Waals surface area contributed by atoms with Gasteiger partial charge in [0, 0.05) is 18.8 Å². The molecule has 0 radical (unpaired) electrons. The van der Waals surface area contributed by atoms with Gasteiger partial charge in [0.1, 0.15) is 5.75 Å². The molecule has 1 saturated heterocycles. The number of halogens is 2. The van der Waals surface area contributed by atoms with Crippen LogP contribution in [0, 0.1) is 12.7 Å². The molecule has 4 aromatic rings. The van der Waals surface area contributed by atoms with Crippen LogP contribution < -0.4 is 15.6 Å². The van der Waals surface area contributed by atoms with Gasteiger partial charge in [-0.15, -0.1) is 0 Å². The molecule has 3 heterocycles. The molecule has 0 unspecified atom stereocenters. The molecule has 1 aliphatic rings. The SMILES string of the molecule is Cc1cc(Nc2ccc(/C=N/Nc3ncc(F)c(N4CCOCC4)n3)nc2)cc(Cl)c1S(=O)(=O)c1cccc(O)c1. The molecule has 11 nitrogen and oxygen atoms in total. The third-order valence-electron chi connectivity index (χ3n) is 6.10. The van der Waals surface area contributed by atoms with Gasteiger partial charge in [0.2, 0.25) is 15.8 Å². The van der Waals surface area contributed by atoms with Gasteiger partial charge < -0.3 is 20.1 Å². The summed E-state index contributed by atoms with van der Waals surface area (Å²) >= 11 is 6.41. The van der Waals surface area contributed by atoms with Crippen LogP contribution >= 0.6 is 11.6 Å². The lowest BCUT2D eigenvalue weighted by Crippen LogP contribution is -2.37. The molecule has 212 valence electrons. The largest absolute Gasteiger partial charge is 0.508 e. The molecule has 1 fully saturated rings. The number of phenolic OH excluding ortho intramolecular Hbond substituents is 1. The highest BCUT2D eigenvalue weighted by molar-refractivity contribution is 7.91. The summed E-state index contributed by atoms with van der Waals surface area (Å²) in [5, 5.41) is 17.0. The van der Waals surface area contributed by atoms with E-state index in [1.807, 2.05) is 0 Å². The van der Waals surface area contributed by atoms with Gasteiger partial charge in [-0.2, -0.15) is 10.1 Å². The van der Waals surface area contributed by atoms with Gasteiger partial charge in [0.05, 0.1) is 58.0 Å². The van der Waals surface area contributed by atoms with Crippen molar-refractivity contribution in [2.45, 2.75) is 16.7 Å². The van der Waals surface area contributed by atoms with E-state index in [0.717, 1.165) is 6.20 Å². The normalized spacial score (nSPS) is 13.9. The predicted octanol–water partition coefficient (Wildman–Crippen LogP) is 4.54. The second-order valence-corrected chi connectivity index (χ2v) is 11.3. The third-order valence-corrected chi connectivity index (χ3v) is 8.46. The number of nitrogens with one attached hydrogen (secondary N) is 2. The van der Waals surface area contributed by atoms with Crippen molar-refractivity contribution in [3.05, 3.63) is 83.0 Å². The highest BCUT2D eigenvalue weighted by Gasteiger charge is 2.24. The fraction of sp³-hybridized carbons (Fsp3) is 0.185. The Hall–Kier alpha value is -4.33. The zero-order chi connectivity index (χ0) is 29.0. The predicted molar refractivity (Wildman–Crippen MR) is 154 cm³/mol. The summed E-state index contributed by atoms with van der Waals surface area (Å²) in [5.74, 6) is -0.342. The Balaban J connectivity index is 1.25. The molecule has 5 rings (SSSR count). The Kier molecular flexibility index (Phi) is 8.28. The number of aromatic nitrogens is 3. The fourth-order valence-electron chi connectivity index (χ4n) is 4.20. The van der Waals surface area contributed by atoms with Crippen LogP contribution in [0.1, 0.15) is 11.3 Å². The average molecular weight is 598 g/mol. The number of ether oxygens (including phenoxy) is 1. The number of anilines is 4. The van der Waals surface area contributed by atoms with Gasteiger partial charge >= 0.3 is 0 Å². The molecule has 1 aliphatic heterocycles. The van der Waals surface area contributed by atoms with Crippen molar-refractivity contribution in [2.75, 3.05) is 41.9 Å². The zero-order valence-electron chi connectivity index (χ0n) is 21.8. The van der Waals surface area contributed by atoms with Crippen LogP contribution in [0.4, 0.5) is 27.5 Å². The summed E-state index contributed by atoms with van der Waals surface area (Å²) in [7, 11) is -3.94. The molecule has 41 heavy (non-hydrogen) atoms. The molecule has 14 heteroatoms. The second kappa shape index (κ2) is 12.0. The first-order chi connectivity index (χ1) is 19.7. The van der Waals surface area contributed by atoms with Crippen molar-refractivity contribution in [1.29, 1.82) is 0 Å². The Morgan fingerprint density at radius 2 is 1.90 bits per heavy atom. The molecular weight excluding hydrogens is 573 g/mol.